The average molecular weight is 248 g/mol. The summed E-state index contributed by atoms with van der Waals surface area (Å²) in [5.74, 6) is 0.451. The minimum atomic E-state index is -0.298. The molecule has 1 amide bonds. The standard InChI is InChI=1S/C14H20N2O2/c17-10-13(12-4-2-1-3-5-12)16-14(18)8-11-6-7-15-9-11/h1-5,11,13,15,17H,6-10H2,(H,16,18)/t11?,13-/m0/s1. The Kier molecular flexibility index (Phi) is 4.73. The second-order valence-electron chi connectivity index (χ2n) is 4.78. The summed E-state index contributed by atoms with van der Waals surface area (Å²) in [5.41, 5.74) is 0.942. The van der Waals surface area contributed by atoms with E-state index in [0.29, 0.717) is 12.3 Å². The fourth-order valence-corrected chi connectivity index (χ4v) is 2.32. The summed E-state index contributed by atoms with van der Waals surface area (Å²) in [5, 5.41) is 15.5. The highest BCUT2D eigenvalue weighted by Gasteiger charge is 2.20. The first-order valence-electron chi connectivity index (χ1n) is 6.45. The lowest BCUT2D eigenvalue weighted by atomic mass is 10.0. The lowest BCUT2D eigenvalue weighted by Gasteiger charge is -2.18. The van der Waals surface area contributed by atoms with Gasteiger partial charge in [-0.1, -0.05) is 30.3 Å². The van der Waals surface area contributed by atoms with Gasteiger partial charge in [0.1, 0.15) is 0 Å². The van der Waals surface area contributed by atoms with Crippen LogP contribution in [0.2, 0.25) is 0 Å². The Balaban J connectivity index is 1.87. The van der Waals surface area contributed by atoms with Gasteiger partial charge in [-0.25, -0.2) is 0 Å². The van der Waals surface area contributed by atoms with Gasteiger partial charge in [0, 0.05) is 6.42 Å². The Morgan fingerprint density at radius 2 is 2.22 bits per heavy atom. The first-order valence-corrected chi connectivity index (χ1v) is 6.45. The van der Waals surface area contributed by atoms with E-state index in [2.05, 4.69) is 10.6 Å². The summed E-state index contributed by atoms with van der Waals surface area (Å²) in [6.07, 6.45) is 1.60. The number of aliphatic hydroxyl groups excluding tert-OH is 1. The van der Waals surface area contributed by atoms with Gasteiger partial charge in [-0.2, -0.15) is 0 Å². The average Bonchev–Trinajstić information content (AvgIpc) is 2.90. The molecule has 4 heteroatoms. The van der Waals surface area contributed by atoms with Crippen molar-refractivity contribution in [2.45, 2.75) is 18.9 Å². The number of carbonyl (C=O) groups excluding carboxylic acids is 1. The zero-order valence-electron chi connectivity index (χ0n) is 10.4. The molecule has 1 saturated heterocycles. The molecule has 1 heterocycles. The van der Waals surface area contributed by atoms with Gasteiger partial charge in [-0.15, -0.1) is 0 Å². The van der Waals surface area contributed by atoms with Crippen LogP contribution in [0.3, 0.4) is 0 Å². The van der Waals surface area contributed by atoms with Gasteiger partial charge >= 0.3 is 0 Å². The highest BCUT2D eigenvalue weighted by atomic mass is 16.3. The lowest BCUT2D eigenvalue weighted by Crippen LogP contribution is -2.32. The smallest absolute Gasteiger partial charge is 0.220 e. The summed E-state index contributed by atoms with van der Waals surface area (Å²) in [6, 6.07) is 9.27. The highest BCUT2D eigenvalue weighted by Crippen LogP contribution is 2.15. The molecule has 1 aromatic rings. The van der Waals surface area contributed by atoms with Gasteiger partial charge in [0.25, 0.3) is 0 Å². The van der Waals surface area contributed by atoms with Crippen LogP contribution < -0.4 is 10.6 Å². The van der Waals surface area contributed by atoms with E-state index in [9.17, 15) is 9.90 Å². The number of rotatable bonds is 5. The molecule has 1 fully saturated rings. The first-order chi connectivity index (χ1) is 8.79. The van der Waals surface area contributed by atoms with E-state index in [1.165, 1.54) is 0 Å². The quantitative estimate of drug-likeness (QED) is 0.723. The second-order valence-corrected chi connectivity index (χ2v) is 4.78. The van der Waals surface area contributed by atoms with Crippen molar-refractivity contribution in [3.63, 3.8) is 0 Å². The molecule has 1 unspecified atom stereocenters. The third-order valence-corrected chi connectivity index (χ3v) is 3.36. The third kappa shape index (κ3) is 3.55. The number of hydrogen-bond acceptors (Lipinski definition) is 3. The van der Waals surface area contributed by atoms with Crippen molar-refractivity contribution in [2.24, 2.45) is 5.92 Å². The molecule has 2 atom stereocenters. The number of benzene rings is 1. The van der Waals surface area contributed by atoms with E-state index in [1.54, 1.807) is 0 Å². The summed E-state index contributed by atoms with van der Waals surface area (Å²) < 4.78 is 0. The molecule has 0 spiro atoms. The minimum absolute atomic E-state index is 0.0200. The van der Waals surface area contributed by atoms with Crippen molar-refractivity contribution >= 4 is 5.91 Å². The van der Waals surface area contributed by atoms with E-state index >= 15 is 0 Å². The number of aliphatic hydroxyl groups is 1. The molecule has 0 aromatic heterocycles. The monoisotopic (exact) mass is 248 g/mol. The van der Waals surface area contributed by atoms with Gasteiger partial charge in [-0.3, -0.25) is 4.79 Å². The van der Waals surface area contributed by atoms with Crippen LogP contribution in [0.25, 0.3) is 0 Å². The summed E-state index contributed by atoms with van der Waals surface area (Å²) in [6.45, 7) is 1.85. The molecule has 3 N–H and O–H groups in total. The van der Waals surface area contributed by atoms with Crippen LogP contribution in [0.5, 0.6) is 0 Å². The Hall–Kier alpha value is -1.39. The maximum atomic E-state index is 11.9. The topological polar surface area (TPSA) is 61.4 Å². The molecular weight excluding hydrogens is 228 g/mol. The number of hydrogen-bond donors (Lipinski definition) is 3. The van der Waals surface area contributed by atoms with Crippen molar-refractivity contribution in [3.8, 4) is 0 Å². The summed E-state index contributed by atoms with van der Waals surface area (Å²) >= 11 is 0. The van der Waals surface area contributed by atoms with E-state index in [-0.39, 0.29) is 18.6 Å². The lowest BCUT2D eigenvalue weighted by molar-refractivity contribution is -0.123. The molecule has 1 aromatic carbocycles. The van der Waals surface area contributed by atoms with E-state index < -0.39 is 0 Å². The van der Waals surface area contributed by atoms with Crippen LogP contribution in [0, 0.1) is 5.92 Å². The van der Waals surface area contributed by atoms with Crippen LogP contribution in [0.4, 0.5) is 0 Å². The highest BCUT2D eigenvalue weighted by molar-refractivity contribution is 5.76. The van der Waals surface area contributed by atoms with Crippen molar-refractivity contribution in [2.75, 3.05) is 19.7 Å². The van der Waals surface area contributed by atoms with E-state index in [0.717, 1.165) is 25.1 Å². The van der Waals surface area contributed by atoms with Crippen LogP contribution in [-0.4, -0.2) is 30.7 Å². The molecule has 18 heavy (non-hydrogen) atoms. The predicted octanol–water partition coefficient (Wildman–Crippen LogP) is 0.836. The van der Waals surface area contributed by atoms with Crippen LogP contribution in [-0.2, 0) is 4.79 Å². The second kappa shape index (κ2) is 6.52. The number of nitrogens with one attached hydrogen (secondary N) is 2. The van der Waals surface area contributed by atoms with Crippen molar-refractivity contribution < 1.29 is 9.90 Å². The SMILES string of the molecule is O=C(CC1CCNC1)N[C@@H](CO)c1ccccc1. The van der Waals surface area contributed by atoms with Crippen molar-refractivity contribution in [1.29, 1.82) is 0 Å². The Morgan fingerprint density at radius 3 is 2.83 bits per heavy atom. The largest absolute Gasteiger partial charge is 0.394 e. The third-order valence-electron chi connectivity index (χ3n) is 3.36. The molecule has 1 aliphatic heterocycles. The van der Waals surface area contributed by atoms with Gasteiger partial charge in [0.15, 0.2) is 0 Å². The normalized spacial score (nSPS) is 20.6. The predicted molar refractivity (Wildman–Crippen MR) is 70.0 cm³/mol. The van der Waals surface area contributed by atoms with Crippen LogP contribution >= 0.6 is 0 Å². The summed E-state index contributed by atoms with van der Waals surface area (Å²) in [4.78, 5) is 11.9. The molecule has 1 aliphatic rings. The zero-order valence-corrected chi connectivity index (χ0v) is 10.4. The molecule has 0 saturated carbocycles. The molecular formula is C14H20N2O2. The van der Waals surface area contributed by atoms with E-state index in [4.69, 9.17) is 0 Å². The number of amides is 1. The summed E-state index contributed by atoms with van der Waals surface area (Å²) in [7, 11) is 0. The Labute approximate surface area is 107 Å². The maximum absolute atomic E-state index is 11.9. The number of carbonyl (C=O) groups is 1. The van der Waals surface area contributed by atoms with Gasteiger partial charge in [0.2, 0.25) is 5.91 Å². The van der Waals surface area contributed by atoms with Crippen molar-refractivity contribution in [3.05, 3.63) is 35.9 Å². The Morgan fingerprint density at radius 1 is 1.44 bits per heavy atom. The van der Waals surface area contributed by atoms with E-state index in [1.807, 2.05) is 30.3 Å². The van der Waals surface area contributed by atoms with Gasteiger partial charge in [-0.05, 0) is 31.0 Å². The van der Waals surface area contributed by atoms with Crippen LogP contribution in [0.1, 0.15) is 24.4 Å². The molecule has 98 valence electrons. The fourth-order valence-electron chi connectivity index (χ4n) is 2.32. The minimum Gasteiger partial charge on any atom is -0.394 e. The molecule has 0 aliphatic carbocycles. The van der Waals surface area contributed by atoms with Crippen molar-refractivity contribution in [1.82, 2.24) is 10.6 Å². The van der Waals surface area contributed by atoms with Gasteiger partial charge < -0.3 is 15.7 Å². The molecule has 0 radical (unpaired) electrons. The molecule has 4 nitrogen and oxygen atoms in total. The van der Waals surface area contributed by atoms with Crippen LogP contribution in [0.15, 0.2) is 30.3 Å². The fraction of sp³-hybridized carbons (Fsp3) is 0.500. The first kappa shape index (κ1) is 13.1. The zero-order chi connectivity index (χ0) is 12.8. The van der Waals surface area contributed by atoms with Gasteiger partial charge in [0.05, 0.1) is 12.6 Å². The molecule has 0 bridgehead atoms. The maximum Gasteiger partial charge on any atom is 0.220 e. The molecule has 2 rings (SSSR count). The Bertz CT molecular complexity index is 375.